The topological polar surface area (TPSA) is 59.0 Å². The zero-order chi connectivity index (χ0) is 46.5. The molecular weight excluding hydrogens is 880 g/mol. The van der Waals surface area contributed by atoms with Crippen molar-refractivity contribution in [3.8, 4) is 0 Å². The van der Waals surface area contributed by atoms with E-state index in [0.29, 0.717) is 22.2 Å². The standard InChI is InChI=1S/C64H35FN2O4/c65-48-35-54(67(52-23-11-19-43-39-15-3-7-27-57(39)70-63(43)52)53-24-12-20-44-40-16-4-8-28-58(40)71-64(44)53)47-31-29-36-30-34-49(46-33-32-45(48)60(47)59(36)46)66(50-21-9-17-41-37-13-1-5-25-55(37)68-61(41)50)51-22-10-18-42-38-14-2-6-26-56(38)69-62(42)51/h1-35H. The number of rotatable bonds is 6. The molecule has 0 unspecified atom stereocenters. The molecule has 0 saturated carbocycles. The Bertz CT molecular complexity index is 4650. The van der Waals surface area contributed by atoms with Gasteiger partial charge in [0.2, 0.25) is 0 Å². The van der Waals surface area contributed by atoms with Crippen molar-refractivity contribution in [3.63, 3.8) is 0 Å². The van der Waals surface area contributed by atoms with Crippen molar-refractivity contribution in [2.75, 3.05) is 9.80 Å². The molecule has 6 nitrogen and oxygen atoms in total. The highest BCUT2D eigenvalue weighted by Crippen LogP contribution is 2.53. The van der Waals surface area contributed by atoms with Crippen LogP contribution in [-0.4, -0.2) is 0 Å². The van der Waals surface area contributed by atoms with E-state index in [1.54, 1.807) is 6.07 Å². The second-order valence-electron chi connectivity index (χ2n) is 18.4. The van der Waals surface area contributed by atoms with E-state index in [-0.39, 0.29) is 5.82 Å². The third kappa shape index (κ3) is 5.29. The summed E-state index contributed by atoms with van der Waals surface area (Å²) in [6.07, 6.45) is 0. The number of anilines is 6. The number of furan rings is 4. The molecule has 0 fully saturated rings. The van der Waals surface area contributed by atoms with Crippen molar-refractivity contribution < 1.29 is 22.1 Å². The van der Waals surface area contributed by atoms with Crippen molar-refractivity contribution in [2.45, 2.75) is 0 Å². The minimum atomic E-state index is -0.346. The first kappa shape index (κ1) is 38.4. The average Bonchev–Trinajstić information content (AvgIpc) is 4.20. The first-order valence-corrected chi connectivity index (χ1v) is 23.8. The lowest BCUT2D eigenvalue weighted by Crippen LogP contribution is -2.12. The third-order valence-electron chi connectivity index (χ3n) is 14.7. The summed E-state index contributed by atoms with van der Waals surface area (Å²) in [6, 6.07) is 71.7. The number of hydrogen-bond donors (Lipinski definition) is 0. The zero-order valence-electron chi connectivity index (χ0n) is 37.6. The average molecular weight is 915 g/mol. The Balaban J connectivity index is 1.01. The van der Waals surface area contributed by atoms with Crippen LogP contribution in [0.5, 0.6) is 0 Å². The Morgan fingerprint density at radius 3 is 1.03 bits per heavy atom. The maximum atomic E-state index is 17.7. The first-order valence-electron chi connectivity index (χ1n) is 23.8. The Labute approximate surface area is 402 Å². The molecule has 0 aliphatic heterocycles. The van der Waals surface area contributed by atoms with Gasteiger partial charge in [0, 0.05) is 64.6 Å². The summed E-state index contributed by atoms with van der Waals surface area (Å²) in [5.41, 5.74) is 10.7. The quantitative estimate of drug-likeness (QED) is 0.155. The predicted octanol–water partition coefficient (Wildman–Crippen LogP) is 19.3. The molecule has 0 aliphatic carbocycles. The van der Waals surface area contributed by atoms with Crippen LogP contribution in [0.25, 0.3) is 120 Å². The molecule has 12 aromatic carbocycles. The molecule has 0 radical (unpaired) electrons. The van der Waals surface area contributed by atoms with Crippen LogP contribution < -0.4 is 9.80 Å². The van der Waals surface area contributed by atoms with Crippen molar-refractivity contribution in [3.05, 3.63) is 218 Å². The lowest BCUT2D eigenvalue weighted by atomic mass is 9.91. The second kappa shape index (κ2) is 14.2. The van der Waals surface area contributed by atoms with Gasteiger partial charge in [0.15, 0.2) is 22.3 Å². The summed E-state index contributed by atoms with van der Waals surface area (Å²) < 4.78 is 44.8. The minimum absolute atomic E-state index is 0.346. The van der Waals surface area contributed by atoms with Crippen molar-refractivity contribution in [2.24, 2.45) is 0 Å². The van der Waals surface area contributed by atoms with Gasteiger partial charge in [-0.15, -0.1) is 0 Å². The number of hydrogen-bond acceptors (Lipinski definition) is 6. The minimum Gasteiger partial charge on any atom is -0.454 e. The molecule has 71 heavy (non-hydrogen) atoms. The van der Waals surface area contributed by atoms with Crippen LogP contribution in [0.3, 0.4) is 0 Å². The molecule has 0 aliphatic rings. The summed E-state index contributed by atoms with van der Waals surface area (Å²) in [6.45, 7) is 0. The van der Waals surface area contributed by atoms with Crippen molar-refractivity contribution in [1.29, 1.82) is 0 Å². The van der Waals surface area contributed by atoms with E-state index in [2.05, 4.69) is 125 Å². The molecule has 7 heteroatoms. The van der Waals surface area contributed by atoms with Gasteiger partial charge in [0.25, 0.3) is 0 Å². The molecule has 4 aromatic heterocycles. The summed E-state index contributed by atoms with van der Waals surface area (Å²) in [4.78, 5) is 4.39. The Kier molecular flexibility index (Phi) is 7.69. The highest BCUT2D eigenvalue weighted by molar-refractivity contribution is 6.29. The van der Waals surface area contributed by atoms with Crippen LogP contribution in [0.1, 0.15) is 0 Å². The zero-order valence-corrected chi connectivity index (χ0v) is 37.6. The van der Waals surface area contributed by atoms with E-state index >= 15 is 4.39 Å². The van der Waals surface area contributed by atoms with Gasteiger partial charge in [-0.1, -0.05) is 152 Å². The summed E-state index contributed by atoms with van der Waals surface area (Å²) in [5, 5.41) is 13.0. The van der Waals surface area contributed by atoms with E-state index in [1.807, 2.05) is 91.0 Å². The normalized spacial score (nSPS) is 12.3. The maximum absolute atomic E-state index is 17.7. The SMILES string of the molecule is Fc1cc(N(c2cccc3c2oc2ccccc23)c2cccc3c2oc2ccccc23)c2ccc3ccc(N(c4cccc5c4oc4ccccc45)c4cccc5c4oc4ccccc45)c4ccc1c2c34. The lowest BCUT2D eigenvalue weighted by molar-refractivity contribution is 0.640. The molecule has 16 aromatic rings. The second-order valence-corrected chi connectivity index (χ2v) is 18.4. The summed E-state index contributed by atoms with van der Waals surface area (Å²) in [7, 11) is 0. The number of halogens is 1. The van der Waals surface area contributed by atoms with Gasteiger partial charge < -0.3 is 27.5 Å². The van der Waals surface area contributed by atoms with Crippen LogP contribution in [-0.2, 0) is 0 Å². The Hall–Kier alpha value is -9.59. The summed E-state index contributed by atoms with van der Waals surface area (Å²) in [5.74, 6) is -0.346. The molecule has 0 bridgehead atoms. The molecule has 0 spiro atoms. The molecule has 0 amide bonds. The van der Waals surface area contributed by atoms with E-state index in [4.69, 9.17) is 17.7 Å². The van der Waals surface area contributed by atoms with E-state index in [9.17, 15) is 0 Å². The predicted molar refractivity (Wildman–Crippen MR) is 289 cm³/mol. The number of benzene rings is 12. The lowest BCUT2D eigenvalue weighted by Gasteiger charge is -2.29. The van der Waals surface area contributed by atoms with Crippen LogP contribution >= 0.6 is 0 Å². The van der Waals surface area contributed by atoms with Crippen LogP contribution in [0.2, 0.25) is 0 Å². The van der Waals surface area contributed by atoms with Gasteiger partial charge in [0.05, 0.1) is 34.1 Å². The number of para-hydroxylation sites is 8. The van der Waals surface area contributed by atoms with Gasteiger partial charge in [0.1, 0.15) is 28.1 Å². The fourth-order valence-electron chi connectivity index (χ4n) is 11.6. The third-order valence-corrected chi connectivity index (χ3v) is 14.7. The number of fused-ring (bicyclic) bond motifs is 12. The van der Waals surface area contributed by atoms with Crippen LogP contribution in [0.4, 0.5) is 38.5 Å². The molecular formula is C64H35FN2O4. The van der Waals surface area contributed by atoms with Gasteiger partial charge in [-0.3, -0.25) is 0 Å². The van der Waals surface area contributed by atoms with Crippen molar-refractivity contribution >= 4 is 154 Å². The molecule has 332 valence electrons. The van der Waals surface area contributed by atoms with E-state index < -0.39 is 0 Å². The molecule has 0 atom stereocenters. The molecule has 4 heterocycles. The summed E-state index contributed by atoms with van der Waals surface area (Å²) >= 11 is 0. The fraction of sp³-hybridized carbons (Fsp3) is 0. The van der Waals surface area contributed by atoms with Gasteiger partial charge >= 0.3 is 0 Å². The van der Waals surface area contributed by atoms with Gasteiger partial charge in [-0.2, -0.15) is 0 Å². The van der Waals surface area contributed by atoms with Gasteiger partial charge in [-0.05, 0) is 71.4 Å². The molecule has 16 rings (SSSR count). The Morgan fingerprint density at radius 2 is 0.592 bits per heavy atom. The largest absolute Gasteiger partial charge is 0.454 e. The van der Waals surface area contributed by atoms with Crippen LogP contribution in [0, 0.1) is 5.82 Å². The smallest absolute Gasteiger partial charge is 0.159 e. The first-order chi connectivity index (χ1) is 35.1. The molecule has 0 saturated heterocycles. The van der Waals surface area contributed by atoms with Gasteiger partial charge in [-0.25, -0.2) is 4.39 Å². The molecule has 0 N–H and O–H groups in total. The van der Waals surface area contributed by atoms with Crippen LogP contribution in [0.15, 0.2) is 230 Å². The highest BCUT2D eigenvalue weighted by Gasteiger charge is 2.29. The van der Waals surface area contributed by atoms with Crippen molar-refractivity contribution in [1.82, 2.24) is 0 Å². The van der Waals surface area contributed by atoms with E-state index in [0.717, 1.165) is 132 Å². The van der Waals surface area contributed by atoms with E-state index in [1.165, 1.54) is 0 Å². The highest BCUT2D eigenvalue weighted by atomic mass is 19.1. The number of nitrogens with zero attached hydrogens (tertiary/aromatic N) is 2. The monoisotopic (exact) mass is 914 g/mol. The fourth-order valence-corrected chi connectivity index (χ4v) is 11.6. The Morgan fingerprint density at radius 1 is 0.254 bits per heavy atom. The maximum Gasteiger partial charge on any atom is 0.159 e.